The lowest BCUT2D eigenvalue weighted by atomic mass is 10.0. The van der Waals surface area contributed by atoms with Gasteiger partial charge in [0.1, 0.15) is 0 Å². The van der Waals surface area contributed by atoms with Gasteiger partial charge in [-0.15, -0.1) is 0 Å². The van der Waals surface area contributed by atoms with E-state index in [0.29, 0.717) is 12.2 Å². The highest BCUT2D eigenvalue weighted by Crippen LogP contribution is 2.34. The number of hydrogen-bond acceptors (Lipinski definition) is 3. The fourth-order valence-electron chi connectivity index (χ4n) is 4.30. The predicted molar refractivity (Wildman–Crippen MR) is 115 cm³/mol. The molecular weight excluding hydrogens is 348 g/mol. The molecule has 28 heavy (non-hydrogen) atoms. The van der Waals surface area contributed by atoms with Crippen LogP contribution in [0.2, 0.25) is 0 Å². The normalized spacial score (nSPS) is 20.9. The zero-order valence-corrected chi connectivity index (χ0v) is 16.9. The Bertz CT molecular complexity index is 892. The fraction of sp³-hybridized carbons (Fsp3) is 0.375. The zero-order valence-electron chi connectivity index (χ0n) is 16.9. The summed E-state index contributed by atoms with van der Waals surface area (Å²) in [7, 11) is 0. The van der Waals surface area contributed by atoms with Crippen LogP contribution >= 0.6 is 0 Å². The van der Waals surface area contributed by atoms with Crippen LogP contribution in [0.3, 0.4) is 0 Å². The molecule has 2 aliphatic heterocycles. The third-order valence-electron chi connectivity index (χ3n) is 5.96. The SMILES string of the molecule is C=CC(=O)N(c1ccc(N2CC3CCC(C2)O3)cc1)c1cc(C)c(C)cc1C. The van der Waals surface area contributed by atoms with E-state index in [1.807, 2.05) is 19.1 Å². The summed E-state index contributed by atoms with van der Waals surface area (Å²) >= 11 is 0. The lowest BCUT2D eigenvalue weighted by Crippen LogP contribution is -2.42. The lowest BCUT2D eigenvalue weighted by Gasteiger charge is -2.34. The molecule has 0 radical (unpaired) electrons. The van der Waals surface area contributed by atoms with Crippen molar-refractivity contribution in [2.75, 3.05) is 22.9 Å². The number of aryl methyl sites for hydroxylation is 3. The summed E-state index contributed by atoms with van der Waals surface area (Å²) in [6.45, 7) is 11.8. The molecule has 2 aromatic carbocycles. The van der Waals surface area contributed by atoms with Crippen molar-refractivity contribution < 1.29 is 9.53 Å². The summed E-state index contributed by atoms with van der Waals surface area (Å²) in [6, 6.07) is 12.5. The number of morpholine rings is 1. The molecular formula is C24H28N2O2. The first-order chi connectivity index (χ1) is 13.5. The molecule has 2 aromatic rings. The molecule has 2 bridgehead atoms. The highest BCUT2D eigenvalue weighted by Gasteiger charge is 2.33. The van der Waals surface area contributed by atoms with Crippen molar-refractivity contribution in [1.29, 1.82) is 0 Å². The van der Waals surface area contributed by atoms with Gasteiger partial charge in [-0.25, -0.2) is 0 Å². The molecule has 1 amide bonds. The Kier molecular flexibility index (Phi) is 4.98. The van der Waals surface area contributed by atoms with E-state index in [-0.39, 0.29) is 5.91 Å². The highest BCUT2D eigenvalue weighted by atomic mass is 16.5. The van der Waals surface area contributed by atoms with Crippen LogP contribution in [0.1, 0.15) is 29.5 Å². The van der Waals surface area contributed by atoms with Gasteiger partial charge in [0.2, 0.25) is 0 Å². The monoisotopic (exact) mass is 376 g/mol. The first kappa shape index (κ1) is 18.8. The van der Waals surface area contributed by atoms with E-state index in [2.05, 4.69) is 49.6 Å². The van der Waals surface area contributed by atoms with Crippen molar-refractivity contribution in [3.8, 4) is 0 Å². The molecule has 0 N–H and O–H groups in total. The van der Waals surface area contributed by atoms with Gasteiger partial charge in [-0.2, -0.15) is 0 Å². The summed E-state index contributed by atoms with van der Waals surface area (Å²) in [5, 5.41) is 0. The van der Waals surface area contributed by atoms with Gasteiger partial charge in [0, 0.05) is 24.5 Å². The number of benzene rings is 2. The summed E-state index contributed by atoms with van der Waals surface area (Å²) in [5.74, 6) is -0.122. The van der Waals surface area contributed by atoms with E-state index in [9.17, 15) is 4.79 Å². The van der Waals surface area contributed by atoms with Crippen molar-refractivity contribution >= 4 is 23.0 Å². The highest BCUT2D eigenvalue weighted by molar-refractivity contribution is 6.07. The van der Waals surface area contributed by atoms with Crippen LogP contribution in [0.4, 0.5) is 17.1 Å². The van der Waals surface area contributed by atoms with Gasteiger partial charge >= 0.3 is 0 Å². The van der Waals surface area contributed by atoms with E-state index < -0.39 is 0 Å². The Labute approximate surface area is 167 Å². The van der Waals surface area contributed by atoms with Crippen LogP contribution in [-0.4, -0.2) is 31.2 Å². The largest absolute Gasteiger partial charge is 0.371 e. The molecule has 2 fully saturated rings. The van der Waals surface area contributed by atoms with Crippen molar-refractivity contribution in [3.05, 3.63) is 65.7 Å². The Morgan fingerprint density at radius 3 is 2.25 bits per heavy atom. The Hall–Kier alpha value is -2.59. The third kappa shape index (κ3) is 3.45. The molecule has 4 heteroatoms. The second-order valence-corrected chi connectivity index (χ2v) is 7.98. The molecule has 0 saturated carbocycles. The average molecular weight is 377 g/mol. The van der Waals surface area contributed by atoms with E-state index in [0.717, 1.165) is 42.9 Å². The fourth-order valence-corrected chi connectivity index (χ4v) is 4.30. The molecule has 2 unspecified atom stereocenters. The molecule has 0 aliphatic carbocycles. The zero-order chi connectivity index (χ0) is 19.8. The van der Waals surface area contributed by atoms with Gasteiger partial charge in [-0.1, -0.05) is 12.6 Å². The number of fused-ring (bicyclic) bond motifs is 2. The number of carbonyl (C=O) groups is 1. The van der Waals surface area contributed by atoms with Gasteiger partial charge < -0.3 is 9.64 Å². The molecule has 0 aromatic heterocycles. The summed E-state index contributed by atoms with van der Waals surface area (Å²) in [4.78, 5) is 16.9. The van der Waals surface area contributed by atoms with Crippen molar-refractivity contribution in [2.24, 2.45) is 0 Å². The minimum Gasteiger partial charge on any atom is -0.371 e. The van der Waals surface area contributed by atoms with Gasteiger partial charge in [-0.05, 0) is 86.7 Å². The number of anilines is 3. The lowest BCUT2D eigenvalue weighted by molar-refractivity contribution is -0.113. The van der Waals surface area contributed by atoms with Gasteiger partial charge in [0.05, 0.1) is 17.9 Å². The van der Waals surface area contributed by atoms with Crippen molar-refractivity contribution in [3.63, 3.8) is 0 Å². The quantitative estimate of drug-likeness (QED) is 0.717. The molecule has 2 heterocycles. The first-order valence-electron chi connectivity index (χ1n) is 10.0. The van der Waals surface area contributed by atoms with Crippen molar-refractivity contribution in [2.45, 2.75) is 45.8 Å². The molecule has 2 aliphatic rings. The Morgan fingerprint density at radius 2 is 1.64 bits per heavy atom. The average Bonchev–Trinajstić information content (AvgIpc) is 3.04. The van der Waals surface area contributed by atoms with Crippen LogP contribution in [0, 0.1) is 20.8 Å². The molecule has 0 spiro atoms. The minimum atomic E-state index is -0.122. The number of hydrogen-bond donors (Lipinski definition) is 0. The molecule has 2 atom stereocenters. The van der Waals surface area contributed by atoms with E-state index in [1.54, 1.807) is 4.90 Å². The number of rotatable bonds is 4. The maximum atomic E-state index is 12.7. The number of carbonyl (C=O) groups excluding carboxylic acids is 1. The van der Waals surface area contributed by atoms with E-state index in [1.165, 1.54) is 22.9 Å². The van der Waals surface area contributed by atoms with Crippen LogP contribution in [0.25, 0.3) is 0 Å². The smallest absolute Gasteiger partial charge is 0.254 e. The number of ether oxygens (including phenoxy) is 1. The van der Waals surface area contributed by atoms with E-state index >= 15 is 0 Å². The molecule has 2 saturated heterocycles. The maximum absolute atomic E-state index is 12.7. The Morgan fingerprint density at radius 1 is 1.04 bits per heavy atom. The summed E-state index contributed by atoms with van der Waals surface area (Å²) in [6.07, 6.45) is 4.41. The standard InChI is InChI=1S/C24H28N2O2/c1-5-24(27)26(23-13-17(3)16(2)12-18(23)4)20-8-6-19(7-9-20)25-14-21-10-11-22(15-25)28-21/h5-9,12-13,21-22H,1,10-11,14-15H2,2-4H3. The van der Waals surface area contributed by atoms with Crippen molar-refractivity contribution in [1.82, 2.24) is 0 Å². The molecule has 4 rings (SSSR count). The van der Waals surface area contributed by atoms with Gasteiger partial charge in [-0.3, -0.25) is 9.69 Å². The second kappa shape index (κ2) is 7.44. The first-order valence-corrected chi connectivity index (χ1v) is 10.0. The number of amides is 1. The minimum absolute atomic E-state index is 0.122. The van der Waals surface area contributed by atoms with E-state index in [4.69, 9.17) is 4.74 Å². The summed E-state index contributed by atoms with van der Waals surface area (Å²) < 4.78 is 5.94. The van der Waals surface area contributed by atoms with Crippen LogP contribution < -0.4 is 9.80 Å². The van der Waals surface area contributed by atoms with Gasteiger partial charge in [0.25, 0.3) is 5.91 Å². The van der Waals surface area contributed by atoms with Gasteiger partial charge in [0.15, 0.2) is 0 Å². The topological polar surface area (TPSA) is 32.8 Å². The molecule has 4 nitrogen and oxygen atoms in total. The van der Waals surface area contributed by atoms with Crippen LogP contribution in [0.5, 0.6) is 0 Å². The third-order valence-corrected chi connectivity index (χ3v) is 5.96. The van der Waals surface area contributed by atoms with Crippen LogP contribution in [-0.2, 0) is 9.53 Å². The maximum Gasteiger partial charge on any atom is 0.254 e. The summed E-state index contributed by atoms with van der Waals surface area (Å²) in [5.41, 5.74) is 6.42. The molecule has 146 valence electrons. The number of nitrogens with zero attached hydrogens (tertiary/aromatic N) is 2. The van der Waals surface area contributed by atoms with Crippen LogP contribution in [0.15, 0.2) is 49.1 Å². The second-order valence-electron chi connectivity index (χ2n) is 7.98. The Balaban J connectivity index is 1.65. The predicted octanol–water partition coefficient (Wildman–Crippen LogP) is 4.83.